The summed E-state index contributed by atoms with van der Waals surface area (Å²) >= 11 is 1.49. The van der Waals surface area contributed by atoms with E-state index in [1.165, 1.54) is 11.8 Å². The van der Waals surface area contributed by atoms with Gasteiger partial charge >= 0.3 is 0 Å². The van der Waals surface area contributed by atoms with Gasteiger partial charge < -0.3 is 15.9 Å². The van der Waals surface area contributed by atoms with Crippen LogP contribution in [0.3, 0.4) is 0 Å². The van der Waals surface area contributed by atoms with Gasteiger partial charge in [0.05, 0.1) is 18.5 Å². The Kier molecular flexibility index (Phi) is 6.14. The molecule has 12 heavy (non-hydrogen) atoms. The van der Waals surface area contributed by atoms with Crippen LogP contribution < -0.4 is 5.73 Å². The van der Waals surface area contributed by atoms with Crippen LogP contribution in [-0.4, -0.2) is 40.3 Å². The SMILES string of the molecule is CC(CSCC(O)CO)C(=N)N. The van der Waals surface area contributed by atoms with Crippen molar-refractivity contribution in [3.8, 4) is 0 Å². The second kappa shape index (κ2) is 6.28. The minimum absolute atomic E-state index is 0.0425. The predicted octanol–water partition coefficient (Wildman–Crippen LogP) is -0.355. The fourth-order valence-electron chi connectivity index (χ4n) is 0.523. The van der Waals surface area contributed by atoms with Crippen molar-refractivity contribution in [2.75, 3.05) is 18.1 Å². The van der Waals surface area contributed by atoms with E-state index in [1.807, 2.05) is 6.92 Å². The van der Waals surface area contributed by atoms with Crippen molar-refractivity contribution < 1.29 is 10.2 Å². The average Bonchev–Trinajstić information content (AvgIpc) is 2.03. The van der Waals surface area contributed by atoms with E-state index >= 15 is 0 Å². The van der Waals surface area contributed by atoms with Crippen LogP contribution in [0.1, 0.15) is 6.92 Å². The molecule has 0 saturated heterocycles. The summed E-state index contributed by atoms with van der Waals surface area (Å²) in [6.07, 6.45) is -0.658. The Hall–Kier alpha value is -0.260. The Balaban J connectivity index is 3.37. The highest BCUT2D eigenvalue weighted by Crippen LogP contribution is 2.09. The van der Waals surface area contributed by atoms with Gasteiger partial charge in [0.25, 0.3) is 0 Å². The normalized spacial score (nSPS) is 15.6. The summed E-state index contributed by atoms with van der Waals surface area (Å²) in [5, 5.41) is 24.5. The van der Waals surface area contributed by atoms with Gasteiger partial charge in [-0.1, -0.05) is 6.92 Å². The molecule has 4 nitrogen and oxygen atoms in total. The molecule has 5 N–H and O–H groups in total. The smallest absolute Gasteiger partial charge is 0.0942 e. The molecule has 0 heterocycles. The quantitative estimate of drug-likeness (QED) is 0.342. The first-order valence-corrected chi connectivity index (χ1v) is 4.94. The fraction of sp³-hybridized carbons (Fsp3) is 0.857. The maximum Gasteiger partial charge on any atom is 0.0942 e. The molecule has 2 atom stereocenters. The average molecular weight is 192 g/mol. The first kappa shape index (κ1) is 11.7. The van der Waals surface area contributed by atoms with Gasteiger partial charge in [-0.25, -0.2) is 0 Å². The molecule has 2 unspecified atom stereocenters. The van der Waals surface area contributed by atoms with E-state index < -0.39 is 6.10 Å². The van der Waals surface area contributed by atoms with Crippen molar-refractivity contribution in [3.05, 3.63) is 0 Å². The number of amidine groups is 1. The van der Waals surface area contributed by atoms with Gasteiger partial charge in [0.1, 0.15) is 0 Å². The molecular formula is C7H16N2O2S. The van der Waals surface area contributed by atoms with E-state index in [2.05, 4.69) is 0 Å². The van der Waals surface area contributed by atoms with Crippen LogP contribution in [0.5, 0.6) is 0 Å². The zero-order chi connectivity index (χ0) is 9.56. The molecule has 0 fully saturated rings. The highest BCUT2D eigenvalue weighted by atomic mass is 32.2. The lowest BCUT2D eigenvalue weighted by molar-refractivity contribution is 0.113. The van der Waals surface area contributed by atoms with Crippen LogP contribution in [-0.2, 0) is 0 Å². The largest absolute Gasteiger partial charge is 0.394 e. The molecular weight excluding hydrogens is 176 g/mol. The van der Waals surface area contributed by atoms with Gasteiger partial charge in [0.2, 0.25) is 0 Å². The van der Waals surface area contributed by atoms with Crippen LogP contribution in [0.15, 0.2) is 0 Å². The lowest BCUT2D eigenvalue weighted by Crippen LogP contribution is -2.23. The lowest BCUT2D eigenvalue weighted by Gasteiger charge is -2.10. The Morgan fingerprint density at radius 3 is 2.58 bits per heavy atom. The van der Waals surface area contributed by atoms with Crippen LogP contribution in [0.25, 0.3) is 0 Å². The maximum atomic E-state index is 8.95. The summed E-state index contributed by atoms with van der Waals surface area (Å²) < 4.78 is 0. The van der Waals surface area contributed by atoms with Gasteiger partial charge in [-0.2, -0.15) is 11.8 Å². The zero-order valence-electron chi connectivity index (χ0n) is 7.16. The number of hydrogen-bond acceptors (Lipinski definition) is 4. The minimum atomic E-state index is -0.658. The summed E-state index contributed by atoms with van der Waals surface area (Å²) in [6, 6.07) is 0. The molecule has 0 aromatic carbocycles. The molecule has 0 amide bonds. The lowest BCUT2D eigenvalue weighted by atomic mass is 10.2. The Morgan fingerprint density at radius 1 is 1.58 bits per heavy atom. The van der Waals surface area contributed by atoms with Gasteiger partial charge in [-0.05, 0) is 0 Å². The number of aliphatic hydroxyl groups is 2. The number of nitrogens with two attached hydrogens (primary N) is 1. The highest BCUT2D eigenvalue weighted by Gasteiger charge is 2.07. The second-order valence-electron chi connectivity index (χ2n) is 2.73. The van der Waals surface area contributed by atoms with Crippen LogP contribution >= 0.6 is 11.8 Å². The molecule has 0 aliphatic heterocycles. The van der Waals surface area contributed by atoms with Crippen molar-refractivity contribution in [1.29, 1.82) is 5.41 Å². The van der Waals surface area contributed by atoms with Crippen molar-refractivity contribution in [3.63, 3.8) is 0 Å². The Morgan fingerprint density at radius 2 is 2.17 bits per heavy atom. The van der Waals surface area contributed by atoms with Crippen molar-refractivity contribution in [2.45, 2.75) is 13.0 Å². The second-order valence-corrected chi connectivity index (χ2v) is 3.81. The van der Waals surface area contributed by atoms with Crippen LogP contribution in [0, 0.1) is 11.3 Å². The summed E-state index contributed by atoms with van der Waals surface area (Å²) in [6.45, 7) is 1.65. The third-order valence-corrected chi connectivity index (χ3v) is 2.78. The number of hydrogen-bond donors (Lipinski definition) is 4. The molecule has 0 saturated carbocycles. The summed E-state index contributed by atoms with van der Waals surface area (Å²) in [5.74, 6) is 1.42. The monoisotopic (exact) mass is 192 g/mol. The molecule has 0 aromatic rings. The van der Waals surface area contributed by atoms with Crippen molar-refractivity contribution in [2.24, 2.45) is 11.7 Å². The molecule has 0 spiro atoms. The molecule has 0 aliphatic carbocycles. The van der Waals surface area contributed by atoms with Gasteiger partial charge in [-0.3, -0.25) is 5.41 Å². The first-order chi connectivity index (χ1) is 5.57. The maximum absolute atomic E-state index is 8.95. The first-order valence-electron chi connectivity index (χ1n) is 3.78. The zero-order valence-corrected chi connectivity index (χ0v) is 7.97. The number of thioether (sulfide) groups is 1. The van der Waals surface area contributed by atoms with E-state index in [0.29, 0.717) is 11.5 Å². The highest BCUT2D eigenvalue weighted by molar-refractivity contribution is 7.99. The van der Waals surface area contributed by atoms with E-state index in [4.69, 9.17) is 21.4 Å². The fourth-order valence-corrected chi connectivity index (χ4v) is 1.57. The van der Waals surface area contributed by atoms with E-state index in [9.17, 15) is 0 Å². The summed E-state index contributed by atoms with van der Waals surface area (Å²) in [4.78, 5) is 0. The van der Waals surface area contributed by atoms with Crippen LogP contribution in [0.2, 0.25) is 0 Å². The molecule has 72 valence electrons. The molecule has 0 aromatic heterocycles. The Labute approximate surface area is 76.7 Å². The van der Waals surface area contributed by atoms with E-state index in [-0.39, 0.29) is 18.4 Å². The molecule has 5 heteroatoms. The van der Waals surface area contributed by atoms with Gasteiger partial charge in [0, 0.05) is 17.4 Å². The molecule has 0 rings (SSSR count). The van der Waals surface area contributed by atoms with Gasteiger partial charge in [0.15, 0.2) is 0 Å². The standard InChI is InChI=1S/C7H16N2O2S/c1-5(7(8)9)3-12-4-6(11)2-10/h5-6,10-11H,2-4H2,1H3,(H3,8,9). The molecule has 0 bridgehead atoms. The van der Waals surface area contributed by atoms with Crippen molar-refractivity contribution in [1.82, 2.24) is 0 Å². The topological polar surface area (TPSA) is 90.3 Å². The van der Waals surface area contributed by atoms with E-state index in [0.717, 1.165) is 0 Å². The third kappa shape index (κ3) is 5.40. The number of nitrogens with one attached hydrogen (secondary N) is 1. The third-order valence-electron chi connectivity index (χ3n) is 1.42. The molecule has 0 radical (unpaired) electrons. The predicted molar refractivity (Wildman–Crippen MR) is 51.5 cm³/mol. The minimum Gasteiger partial charge on any atom is -0.394 e. The van der Waals surface area contributed by atoms with E-state index in [1.54, 1.807) is 0 Å². The molecule has 0 aliphatic rings. The van der Waals surface area contributed by atoms with Crippen LogP contribution in [0.4, 0.5) is 0 Å². The number of rotatable bonds is 6. The van der Waals surface area contributed by atoms with Gasteiger partial charge in [-0.15, -0.1) is 0 Å². The van der Waals surface area contributed by atoms with Crippen molar-refractivity contribution >= 4 is 17.6 Å². The summed E-state index contributed by atoms with van der Waals surface area (Å²) in [5.41, 5.74) is 5.24. The number of aliphatic hydroxyl groups excluding tert-OH is 2. The summed E-state index contributed by atoms with van der Waals surface area (Å²) in [7, 11) is 0. The Bertz CT molecular complexity index is 143.